The number of nitrogens with one attached hydrogen (secondary N) is 1. The van der Waals surface area contributed by atoms with Gasteiger partial charge in [-0.3, -0.25) is 4.98 Å². The van der Waals surface area contributed by atoms with E-state index in [0.29, 0.717) is 12.0 Å². The highest BCUT2D eigenvalue weighted by molar-refractivity contribution is 5.24. The van der Waals surface area contributed by atoms with Gasteiger partial charge in [-0.15, -0.1) is 0 Å². The summed E-state index contributed by atoms with van der Waals surface area (Å²) in [7, 11) is 0. The number of aryl methyl sites for hydroxylation is 1. The van der Waals surface area contributed by atoms with Crippen LogP contribution in [0.2, 0.25) is 0 Å². The molecule has 1 aromatic heterocycles. The summed E-state index contributed by atoms with van der Waals surface area (Å²) >= 11 is 0. The summed E-state index contributed by atoms with van der Waals surface area (Å²) in [5.41, 5.74) is 2.32. The molecule has 0 aliphatic heterocycles. The molecule has 0 spiro atoms. The molecule has 2 aromatic rings. The summed E-state index contributed by atoms with van der Waals surface area (Å²) in [5.74, 6) is -1.58. The number of pyridine rings is 1. The molecule has 0 saturated heterocycles. The van der Waals surface area contributed by atoms with Crippen LogP contribution in [-0.4, -0.2) is 11.5 Å². The van der Waals surface area contributed by atoms with Crippen molar-refractivity contribution in [2.24, 2.45) is 0 Å². The third-order valence-electron chi connectivity index (χ3n) is 3.39. The van der Waals surface area contributed by atoms with Crippen molar-refractivity contribution in [3.63, 3.8) is 0 Å². The predicted octanol–water partition coefficient (Wildman–Crippen LogP) is 3.95. The minimum absolute atomic E-state index is 0.124. The van der Waals surface area contributed by atoms with Gasteiger partial charge in [0.15, 0.2) is 11.6 Å². The Morgan fingerprint density at radius 1 is 1.24 bits per heavy atom. The number of aromatic nitrogens is 1. The fourth-order valence-electron chi connectivity index (χ4n) is 2.28. The standard InChI is InChI=1S/C17H20F2N2/c1-3-8-20-16(15-10-12(2)7-9-21-15)11-13-5-4-6-14(18)17(13)19/h4-7,9-10,16,20H,3,8,11H2,1-2H3. The first-order valence-electron chi connectivity index (χ1n) is 7.20. The van der Waals surface area contributed by atoms with Crippen LogP contribution in [0.5, 0.6) is 0 Å². The van der Waals surface area contributed by atoms with E-state index in [-0.39, 0.29) is 6.04 Å². The number of nitrogens with zero attached hydrogens (tertiary/aromatic N) is 1. The maximum absolute atomic E-state index is 13.9. The van der Waals surface area contributed by atoms with Gasteiger partial charge in [-0.05, 0) is 55.6 Å². The molecule has 2 nitrogen and oxygen atoms in total. The first kappa shape index (κ1) is 15.6. The molecular weight excluding hydrogens is 270 g/mol. The summed E-state index contributed by atoms with van der Waals surface area (Å²) < 4.78 is 27.2. The van der Waals surface area contributed by atoms with E-state index in [0.717, 1.165) is 30.3 Å². The lowest BCUT2D eigenvalue weighted by Crippen LogP contribution is -2.25. The fourth-order valence-corrected chi connectivity index (χ4v) is 2.28. The highest BCUT2D eigenvalue weighted by Gasteiger charge is 2.17. The highest BCUT2D eigenvalue weighted by Crippen LogP contribution is 2.21. The second-order valence-electron chi connectivity index (χ2n) is 5.18. The molecule has 0 aliphatic carbocycles. The molecule has 1 atom stereocenters. The van der Waals surface area contributed by atoms with E-state index in [2.05, 4.69) is 17.2 Å². The molecule has 1 unspecified atom stereocenters. The molecule has 0 saturated carbocycles. The highest BCUT2D eigenvalue weighted by atomic mass is 19.2. The molecule has 1 heterocycles. The molecular formula is C17H20F2N2. The minimum Gasteiger partial charge on any atom is -0.308 e. The van der Waals surface area contributed by atoms with Crippen LogP contribution in [-0.2, 0) is 6.42 Å². The molecule has 0 amide bonds. The largest absolute Gasteiger partial charge is 0.308 e. The smallest absolute Gasteiger partial charge is 0.162 e. The molecule has 112 valence electrons. The van der Waals surface area contributed by atoms with Gasteiger partial charge >= 0.3 is 0 Å². The van der Waals surface area contributed by atoms with E-state index in [4.69, 9.17) is 0 Å². The summed E-state index contributed by atoms with van der Waals surface area (Å²) in [6.07, 6.45) is 3.08. The Morgan fingerprint density at radius 2 is 2.05 bits per heavy atom. The van der Waals surface area contributed by atoms with Crippen LogP contribution in [0.4, 0.5) is 8.78 Å². The zero-order valence-corrected chi connectivity index (χ0v) is 12.4. The second kappa shape index (κ2) is 7.27. The SMILES string of the molecule is CCCNC(Cc1cccc(F)c1F)c1cc(C)ccn1. The summed E-state index contributed by atoms with van der Waals surface area (Å²) in [4.78, 5) is 4.36. The van der Waals surface area contributed by atoms with Crippen LogP contribution in [0.1, 0.15) is 36.2 Å². The maximum Gasteiger partial charge on any atom is 0.162 e. The molecule has 0 bridgehead atoms. The van der Waals surface area contributed by atoms with Crippen molar-refractivity contribution in [1.82, 2.24) is 10.3 Å². The number of hydrogen-bond donors (Lipinski definition) is 1. The Kier molecular flexibility index (Phi) is 5.39. The summed E-state index contributed by atoms with van der Waals surface area (Å²) in [5, 5.41) is 3.36. The Balaban J connectivity index is 2.26. The zero-order valence-electron chi connectivity index (χ0n) is 12.4. The first-order valence-corrected chi connectivity index (χ1v) is 7.20. The van der Waals surface area contributed by atoms with Gasteiger partial charge in [-0.25, -0.2) is 8.78 Å². The van der Waals surface area contributed by atoms with Crippen LogP contribution >= 0.6 is 0 Å². The van der Waals surface area contributed by atoms with Gasteiger partial charge in [0.1, 0.15) is 0 Å². The van der Waals surface area contributed by atoms with Crippen LogP contribution in [0.15, 0.2) is 36.5 Å². The zero-order chi connectivity index (χ0) is 15.2. The Bertz CT molecular complexity index is 599. The second-order valence-corrected chi connectivity index (χ2v) is 5.18. The fraction of sp³-hybridized carbons (Fsp3) is 0.353. The number of benzene rings is 1. The van der Waals surface area contributed by atoms with Gasteiger partial charge in [0.25, 0.3) is 0 Å². The molecule has 0 radical (unpaired) electrons. The molecule has 21 heavy (non-hydrogen) atoms. The van der Waals surface area contributed by atoms with Crippen molar-refractivity contribution in [1.29, 1.82) is 0 Å². The van der Waals surface area contributed by atoms with Gasteiger partial charge in [0, 0.05) is 6.20 Å². The van der Waals surface area contributed by atoms with E-state index in [1.54, 1.807) is 12.3 Å². The third kappa shape index (κ3) is 4.08. The lowest BCUT2D eigenvalue weighted by Gasteiger charge is -2.19. The van der Waals surface area contributed by atoms with Crippen molar-refractivity contribution in [3.8, 4) is 0 Å². The average Bonchev–Trinajstić information content (AvgIpc) is 2.47. The van der Waals surface area contributed by atoms with Crippen molar-refractivity contribution in [2.75, 3.05) is 6.54 Å². The van der Waals surface area contributed by atoms with Gasteiger partial charge < -0.3 is 5.32 Å². The van der Waals surface area contributed by atoms with Crippen molar-refractivity contribution >= 4 is 0 Å². The molecule has 1 N–H and O–H groups in total. The van der Waals surface area contributed by atoms with Crippen molar-refractivity contribution < 1.29 is 8.78 Å². The minimum atomic E-state index is -0.807. The average molecular weight is 290 g/mol. The van der Waals surface area contributed by atoms with Crippen molar-refractivity contribution in [2.45, 2.75) is 32.7 Å². The quantitative estimate of drug-likeness (QED) is 0.871. The normalized spacial score (nSPS) is 12.4. The number of halogens is 2. The van der Waals surface area contributed by atoms with E-state index in [9.17, 15) is 8.78 Å². The summed E-state index contributed by atoms with van der Waals surface area (Å²) in [6, 6.07) is 8.07. The van der Waals surface area contributed by atoms with E-state index < -0.39 is 11.6 Å². The van der Waals surface area contributed by atoms with Gasteiger partial charge in [-0.2, -0.15) is 0 Å². The Labute approximate surface area is 124 Å². The van der Waals surface area contributed by atoms with E-state index in [1.165, 1.54) is 6.07 Å². The van der Waals surface area contributed by atoms with Gasteiger partial charge in [0.05, 0.1) is 11.7 Å². The number of hydrogen-bond acceptors (Lipinski definition) is 2. The van der Waals surface area contributed by atoms with Gasteiger partial charge in [0.2, 0.25) is 0 Å². The Morgan fingerprint density at radius 3 is 2.76 bits per heavy atom. The third-order valence-corrected chi connectivity index (χ3v) is 3.39. The predicted molar refractivity (Wildman–Crippen MR) is 80.1 cm³/mol. The molecule has 1 aromatic carbocycles. The topological polar surface area (TPSA) is 24.9 Å². The molecule has 0 aliphatic rings. The lowest BCUT2D eigenvalue weighted by atomic mass is 10.0. The van der Waals surface area contributed by atoms with Gasteiger partial charge in [-0.1, -0.05) is 19.1 Å². The first-order chi connectivity index (χ1) is 10.1. The molecule has 4 heteroatoms. The van der Waals surface area contributed by atoms with Crippen LogP contribution in [0.3, 0.4) is 0 Å². The van der Waals surface area contributed by atoms with E-state index in [1.807, 2.05) is 19.1 Å². The molecule has 2 rings (SSSR count). The van der Waals surface area contributed by atoms with Crippen LogP contribution in [0, 0.1) is 18.6 Å². The summed E-state index contributed by atoms with van der Waals surface area (Å²) in [6.45, 7) is 4.86. The van der Waals surface area contributed by atoms with Crippen LogP contribution in [0.25, 0.3) is 0 Å². The maximum atomic E-state index is 13.9. The monoisotopic (exact) mass is 290 g/mol. The van der Waals surface area contributed by atoms with Crippen molar-refractivity contribution in [3.05, 3.63) is 65.0 Å². The Hall–Kier alpha value is -1.81. The number of rotatable bonds is 6. The molecule has 0 fully saturated rings. The van der Waals surface area contributed by atoms with E-state index >= 15 is 0 Å². The van der Waals surface area contributed by atoms with Crippen LogP contribution < -0.4 is 5.32 Å². The lowest BCUT2D eigenvalue weighted by molar-refractivity contribution is 0.473.